The van der Waals surface area contributed by atoms with Crippen LogP contribution >= 0.6 is 11.8 Å². The van der Waals surface area contributed by atoms with E-state index in [2.05, 4.69) is 6.07 Å². The third kappa shape index (κ3) is 3.76. The molecule has 1 atom stereocenters. The molecular weight excluding hydrogens is 396 g/mol. The van der Waals surface area contributed by atoms with Gasteiger partial charge < -0.3 is 15.2 Å². The van der Waals surface area contributed by atoms with E-state index in [4.69, 9.17) is 15.2 Å². The predicted molar refractivity (Wildman–Crippen MR) is 115 cm³/mol. The van der Waals surface area contributed by atoms with Gasteiger partial charge in [-0.25, -0.2) is 4.79 Å². The SMILES string of the molecule is CSc1ccc(C2C(C#N)=C(N)Oc3cc(OC(=O)c4ccccc4)ccc32)cc1. The Morgan fingerprint density at radius 1 is 1.10 bits per heavy atom. The van der Waals surface area contributed by atoms with E-state index < -0.39 is 5.97 Å². The molecule has 4 rings (SSSR count). The number of carbonyl (C=O) groups is 1. The van der Waals surface area contributed by atoms with E-state index in [0.29, 0.717) is 22.6 Å². The van der Waals surface area contributed by atoms with Crippen LogP contribution in [0.2, 0.25) is 0 Å². The van der Waals surface area contributed by atoms with Crippen LogP contribution < -0.4 is 15.2 Å². The molecule has 0 bridgehead atoms. The summed E-state index contributed by atoms with van der Waals surface area (Å²) < 4.78 is 11.2. The second kappa shape index (κ2) is 8.36. The van der Waals surface area contributed by atoms with Crippen molar-refractivity contribution in [2.24, 2.45) is 5.73 Å². The number of fused-ring (bicyclic) bond motifs is 1. The van der Waals surface area contributed by atoms with Crippen LogP contribution in [0.3, 0.4) is 0 Å². The van der Waals surface area contributed by atoms with Gasteiger partial charge in [-0.3, -0.25) is 0 Å². The van der Waals surface area contributed by atoms with Crippen molar-refractivity contribution in [2.45, 2.75) is 10.8 Å². The largest absolute Gasteiger partial charge is 0.440 e. The van der Waals surface area contributed by atoms with Crippen molar-refractivity contribution in [3.63, 3.8) is 0 Å². The summed E-state index contributed by atoms with van der Waals surface area (Å²) in [5.74, 6) is 0.0388. The number of allylic oxidation sites excluding steroid dienone is 1. The van der Waals surface area contributed by atoms with Crippen LogP contribution in [0.1, 0.15) is 27.4 Å². The quantitative estimate of drug-likeness (QED) is 0.373. The second-order valence-electron chi connectivity index (χ2n) is 6.65. The van der Waals surface area contributed by atoms with Crippen LogP contribution in [0.4, 0.5) is 0 Å². The van der Waals surface area contributed by atoms with E-state index in [9.17, 15) is 10.1 Å². The highest BCUT2D eigenvalue weighted by molar-refractivity contribution is 7.98. The molecule has 6 heteroatoms. The normalized spacial score (nSPS) is 15.0. The highest BCUT2D eigenvalue weighted by Crippen LogP contribution is 2.43. The summed E-state index contributed by atoms with van der Waals surface area (Å²) in [6.07, 6.45) is 2.01. The van der Waals surface area contributed by atoms with Gasteiger partial charge in [0.1, 0.15) is 23.1 Å². The number of nitriles is 1. The zero-order valence-electron chi connectivity index (χ0n) is 16.2. The van der Waals surface area contributed by atoms with Gasteiger partial charge in [-0.15, -0.1) is 11.8 Å². The summed E-state index contributed by atoms with van der Waals surface area (Å²) in [4.78, 5) is 13.5. The maximum Gasteiger partial charge on any atom is 0.343 e. The van der Waals surface area contributed by atoms with Crippen LogP contribution in [0.5, 0.6) is 11.5 Å². The number of benzene rings is 3. The molecule has 1 aliphatic heterocycles. The van der Waals surface area contributed by atoms with Gasteiger partial charge in [0.15, 0.2) is 0 Å². The Kier molecular flexibility index (Phi) is 5.46. The molecule has 0 aliphatic carbocycles. The third-order valence-electron chi connectivity index (χ3n) is 4.86. The lowest BCUT2D eigenvalue weighted by molar-refractivity contribution is 0.0734. The highest BCUT2D eigenvalue weighted by Gasteiger charge is 2.31. The Morgan fingerprint density at radius 2 is 1.83 bits per heavy atom. The predicted octanol–water partition coefficient (Wildman–Crippen LogP) is 4.85. The fourth-order valence-electron chi connectivity index (χ4n) is 3.38. The van der Waals surface area contributed by atoms with Crippen molar-refractivity contribution in [1.82, 2.24) is 0 Å². The molecular formula is C24H18N2O3S. The molecule has 148 valence electrons. The molecule has 2 N–H and O–H groups in total. The monoisotopic (exact) mass is 414 g/mol. The molecule has 0 aromatic heterocycles. The number of nitrogens with two attached hydrogens (primary N) is 1. The van der Waals surface area contributed by atoms with E-state index in [1.165, 1.54) is 0 Å². The maximum atomic E-state index is 12.3. The third-order valence-corrected chi connectivity index (χ3v) is 5.60. The average Bonchev–Trinajstić information content (AvgIpc) is 2.78. The Hall–Kier alpha value is -3.69. The molecule has 0 radical (unpaired) electrons. The number of hydrogen-bond donors (Lipinski definition) is 1. The minimum atomic E-state index is -0.461. The molecule has 1 unspecified atom stereocenters. The number of rotatable bonds is 4. The van der Waals surface area contributed by atoms with Gasteiger partial charge in [-0.1, -0.05) is 36.4 Å². The Balaban J connectivity index is 1.69. The zero-order chi connectivity index (χ0) is 21.1. The van der Waals surface area contributed by atoms with Crippen molar-refractivity contribution in [3.8, 4) is 17.6 Å². The van der Waals surface area contributed by atoms with Gasteiger partial charge in [-0.2, -0.15) is 5.26 Å². The smallest absolute Gasteiger partial charge is 0.343 e. The topological polar surface area (TPSA) is 85.3 Å². The summed E-state index contributed by atoms with van der Waals surface area (Å²) in [5, 5.41) is 9.68. The van der Waals surface area contributed by atoms with E-state index in [-0.39, 0.29) is 11.8 Å². The Bertz CT molecular complexity index is 1170. The number of hydrogen-bond acceptors (Lipinski definition) is 6. The van der Waals surface area contributed by atoms with Gasteiger partial charge in [-0.05, 0) is 42.2 Å². The molecule has 3 aromatic rings. The summed E-state index contributed by atoms with van der Waals surface area (Å²) in [5.41, 5.74) is 8.59. The van der Waals surface area contributed by atoms with Crippen molar-refractivity contribution in [3.05, 3.63) is 101 Å². The van der Waals surface area contributed by atoms with Crippen molar-refractivity contribution in [1.29, 1.82) is 5.26 Å². The molecule has 5 nitrogen and oxygen atoms in total. The van der Waals surface area contributed by atoms with E-state index in [1.807, 2.05) is 36.6 Å². The van der Waals surface area contributed by atoms with Crippen molar-refractivity contribution in [2.75, 3.05) is 6.26 Å². The standard InChI is InChI=1S/C24H18N2O3S/c1-30-18-10-7-15(8-11-18)22-19-12-9-17(13-21(19)29-23(26)20(22)14-25)28-24(27)16-5-3-2-4-6-16/h2-13,22H,26H2,1H3. The first kappa shape index (κ1) is 19.6. The van der Waals surface area contributed by atoms with Gasteiger partial charge in [0.25, 0.3) is 0 Å². The van der Waals surface area contributed by atoms with Gasteiger partial charge in [0.2, 0.25) is 5.88 Å². The minimum absolute atomic E-state index is 0.0514. The number of esters is 1. The van der Waals surface area contributed by atoms with Gasteiger partial charge in [0.05, 0.1) is 11.5 Å². The fourth-order valence-corrected chi connectivity index (χ4v) is 3.79. The number of thioether (sulfide) groups is 1. The van der Waals surface area contributed by atoms with Gasteiger partial charge in [0, 0.05) is 16.5 Å². The summed E-state index contributed by atoms with van der Waals surface area (Å²) in [7, 11) is 0. The lowest BCUT2D eigenvalue weighted by atomic mass is 9.83. The van der Waals surface area contributed by atoms with Crippen LogP contribution in [-0.2, 0) is 0 Å². The van der Waals surface area contributed by atoms with Gasteiger partial charge >= 0.3 is 5.97 Å². The minimum Gasteiger partial charge on any atom is -0.440 e. The molecule has 3 aromatic carbocycles. The first-order valence-electron chi connectivity index (χ1n) is 9.23. The number of ether oxygens (including phenoxy) is 2. The first-order valence-corrected chi connectivity index (χ1v) is 10.5. The zero-order valence-corrected chi connectivity index (χ0v) is 17.0. The first-order chi connectivity index (χ1) is 14.6. The van der Waals surface area contributed by atoms with Crippen LogP contribution in [0, 0.1) is 11.3 Å². The van der Waals surface area contributed by atoms with Crippen LogP contribution in [-0.4, -0.2) is 12.2 Å². The molecule has 1 aliphatic rings. The van der Waals surface area contributed by atoms with Crippen molar-refractivity contribution < 1.29 is 14.3 Å². The fraction of sp³-hybridized carbons (Fsp3) is 0.0833. The summed E-state index contributed by atoms with van der Waals surface area (Å²) >= 11 is 1.65. The molecule has 30 heavy (non-hydrogen) atoms. The average molecular weight is 414 g/mol. The lowest BCUT2D eigenvalue weighted by Gasteiger charge is -2.26. The van der Waals surface area contributed by atoms with E-state index >= 15 is 0 Å². The van der Waals surface area contributed by atoms with Crippen LogP contribution in [0.15, 0.2) is 89.1 Å². The second-order valence-corrected chi connectivity index (χ2v) is 7.53. The van der Waals surface area contributed by atoms with Crippen LogP contribution in [0.25, 0.3) is 0 Å². The lowest BCUT2D eigenvalue weighted by Crippen LogP contribution is -2.21. The maximum absolute atomic E-state index is 12.3. The van der Waals surface area contributed by atoms with Crippen molar-refractivity contribution >= 4 is 17.7 Å². The Labute approximate surface area is 178 Å². The summed E-state index contributed by atoms with van der Waals surface area (Å²) in [6.45, 7) is 0. The molecule has 0 amide bonds. The molecule has 0 spiro atoms. The number of carbonyl (C=O) groups excluding carboxylic acids is 1. The summed E-state index contributed by atoms with van der Waals surface area (Å²) in [6, 6.07) is 24.0. The van der Waals surface area contributed by atoms with E-state index in [0.717, 1.165) is 16.0 Å². The Morgan fingerprint density at radius 3 is 2.50 bits per heavy atom. The highest BCUT2D eigenvalue weighted by atomic mass is 32.2. The number of nitrogens with zero attached hydrogens (tertiary/aromatic N) is 1. The molecule has 0 saturated carbocycles. The molecule has 0 saturated heterocycles. The molecule has 0 fully saturated rings. The molecule has 1 heterocycles. The van der Waals surface area contributed by atoms with E-state index in [1.54, 1.807) is 54.2 Å².